The standard InChI is InChI=1S/C13H10N4O3/c1-8(18)15-10-2-4-11(5-3-10)17-7-9(6-14)12(19)16-13(17)20/h2-5,7H,1H3,(H,15,18)(H,16,19,20). The largest absolute Gasteiger partial charge is 0.332 e. The van der Waals surface area contributed by atoms with Crippen LogP contribution in [-0.2, 0) is 4.79 Å². The molecule has 0 atom stereocenters. The number of anilines is 1. The third-order valence-corrected chi connectivity index (χ3v) is 2.53. The molecule has 20 heavy (non-hydrogen) atoms. The summed E-state index contributed by atoms with van der Waals surface area (Å²) in [5.74, 6) is -0.203. The molecule has 1 aromatic heterocycles. The zero-order chi connectivity index (χ0) is 14.7. The molecule has 0 fully saturated rings. The number of nitrogens with zero attached hydrogens (tertiary/aromatic N) is 2. The molecule has 2 aromatic rings. The van der Waals surface area contributed by atoms with E-state index >= 15 is 0 Å². The van der Waals surface area contributed by atoms with Gasteiger partial charge in [-0.25, -0.2) is 4.79 Å². The monoisotopic (exact) mass is 270 g/mol. The lowest BCUT2D eigenvalue weighted by Crippen LogP contribution is -2.30. The van der Waals surface area contributed by atoms with E-state index in [1.165, 1.54) is 13.1 Å². The number of nitrogens with one attached hydrogen (secondary N) is 2. The summed E-state index contributed by atoms with van der Waals surface area (Å²) >= 11 is 0. The maximum Gasteiger partial charge on any atom is 0.332 e. The summed E-state index contributed by atoms with van der Waals surface area (Å²) in [5, 5.41) is 11.4. The number of aromatic nitrogens is 2. The maximum absolute atomic E-state index is 11.7. The zero-order valence-corrected chi connectivity index (χ0v) is 10.5. The lowest BCUT2D eigenvalue weighted by atomic mass is 10.2. The third-order valence-electron chi connectivity index (χ3n) is 2.53. The molecular weight excluding hydrogens is 260 g/mol. The molecule has 1 heterocycles. The van der Waals surface area contributed by atoms with Crippen molar-refractivity contribution in [1.29, 1.82) is 5.26 Å². The van der Waals surface area contributed by atoms with Crippen LogP contribution in [-0.4, -0.2) is 15.5 Å². The van der Waals surface area contributed by atoms with E-state index in [-0.39, 0.29) is 11.5 Å². The third kappa shape index (κ3) is 2.64. The summed E-state index contributed by atoms with van der Waals surface area (Å²) in [5.41, 5.74) is -0.462. The lowest BCUT2D eigenvalue weighted by molar-refractivity contribution is -0.114. The van der Waals surface area contributed by atoms with E-state index in [9.17, 15) is 14.4 Å². The molecule has 100 valence electrons. The second kappa shape index (κ2) is 5.24. The summed E-state index contributed by atoms with van der Waals surface area (Å²) in [4.78, 5) is 36.0. The summed E-state index contributed by atoms with van der Waals surface area (Å²) in [6, 6.07) is 8.11. The molecule has 0 spiro atoms. The summed E-state index contributed by atoms with van der Waals surface area (Å²) in [6.45, 7) is 1.39. The molecule has 0 aliphatic carbocycles. The Hall–Kier alpha value is -3.14. The molecule has 2 N–H and O–H groups in total. The van der Waals surface area contributed by atoms with Gasteiger partial charge in [0.25, 0.3) is 5.56 Å². The zero-order valence-electron chi connectivity index (χ0n) is 10.5. The van der Waals surface area contributed by atoms with Gasteiger partial charge in [-0.15, -0.1) is 0 Å². The number of hydrogen-bond acceptors (Lipinski definition) is 4. The van der Waals surface area contributed by atoms with Gasteiger partial charge in [-0.05, 0) is 24.3 Å². The fraction of sp³-hybridized carbons (Fsp3) is 0.0769. The highest BCUT2D eigenvalue weighted by Crippen LogP contribution is 2.11. The number of carbonyl (C=O) groups excluding carboxylic acids is 1. The number of benzene rings is 1. The minimum atomic E-state index is -0.719. The van der Waals surface area contributed by atoms with Gasteiger partial charge in [0.2, 0.25) is 5.91 Å². The Kier molecular flexibility index (Phi) is 3.48. The van der Waals surface area contributed by atoms with Crippen LogP contribution < -0.4 is 16.6 Å². The van der Waals surface area contributed by atoms with E-state index in [1.807, 2.05) is 0 Å². The van der Waals surface area contributed by atoms with Crippen molar-refractivity contribution in [3.05, 3.63) is 56.9 Å². The van der Waals surface area contributed by atoms with Crippen LogP contribution in [0.2, 0.25) is 0 Å². The molecule has 1 aromatic carbocycles. The first-order valence-electron chi connectivity index (χ1n) is 5.65. The highest BCUT2D eigenvalue weighted by Gasteiger charge is 2.06. The van der Waals surface area contributed by atoms with Crippen LogP contribution in [0.5, 0.6) is 0 Å². The number of rotatable bonds is 2. The SMILES string of the molecule is CC(=O)Nc1ccc(-n2cc(C#N)c(=O)[nH]c2=O)cc1. The minimum absolute atomic E-state index is 0.157. The Morgan fingerprint density at radius 2 is 1.95 bits per heavy atom. The number of hydrogen-bond donors (Lipinski definition) is 2. The minimum Gasteiger partial charge on any atom is -0.326 e. The van der Waals surface area contributed by atoms with Crippen molar-refractivity contribution in [1.82, 2.24) is 9.55 Å². The second-order valence-electron chi connectivity index (χ2n) is 4.01. The van der Waals surface area contributed by atoms with Crippen LogP contribution in [0.3, 0.4) is 0 Å². The van der Waals surface area contributed by atoms with Crippen molar-refractivity contribution in [2.24, 2.45) is 0 Å². The molecule has 0 radical (unpaired) electrons. The fourth-order valence-electron chi connectivity index (χ4n) is 1.65. The van der Waals surface area contributed by atoms with Crippen molar-refractivity contribution < 1.29 is 4.79 Å². The fourth-order valence-corrected chi connectivity index (χ4v) is 1.65. The van der Waals surface area contributed by atoms with Gasteiger partial charge in [-0.2, -0.15) is 5.26 Å². The predicted octanol–water partition coefficient (Wildman–Crippen LogP) is 0.356. The van der Waals surface area contributed by atoms with Crippen molar-refractivity contribution >= 4 is 11.6 Å². The molecule has 0 unspecified atom stereocenters. The molecule has 0 bridgehead atoms. The number of H-pyrrole nitrogens is 1. The van der Waals surface area contributed by atoms with Gasteiger partial charge in [-0.3, -0.25) is 19.1 Å². The Morgan fingerprint density at radius 3 is 2.50 bits per heavy atom. The van der Waals surface area contributed by atoms with Crippen LogP contribution in [0, 0.1) is 11.3 Å². The van der Waals surface area contributed by atoms with Crippen molar-refractivity contribution in [3.63, 3.8) is 0 Å². The van der Waals surface area contributed by atoms with Gasteiger partial charge in [0.1, 0.15) is 11.6 Å². The Morgan fingerprint density at radius 1 is 1.30 bits per heavy atom. The van der Waals surface area contributed by atoms with Crippen molar-refractivity contribution in [3.8, 4) is 11.8 Å². The maximum atomic E-state index is 11.7. The normalized spacial score (nSPS) is 9.80. The van der Waals surface area contributed by atoms with Crippen LogP contribution in [0.15, 0.2) is 40.1 Å². The molecule has 1 amide bonds. The van der Waals surface area contributed by atoms with E-state index < -0.39 is 11.2 Å². The number of aromatic amines is 1. The second-order valence-corrected chi connectivity index (χ2v) is 4.01. The molecule has 0 saturated carbocycles. The molecule has 2 rings (SSSR count). The quantitative estimate of drug-likeness (QED) is 0.821. The van der Waals surface area contributed by atoms with Gasteiger partial charge < -0.3 is 5.32 Å². The average molecular weight is 270 g/mol. The highest BCUT2D eigenvalue weighted by atomic mass is 16.2. The van der Waals surface area contributed by atoms with Gasteiger partial charge in [0.05, 0.1) is 5.69 Å². The molecule has 0 aliphatic rings. The topological polar surface area (TPSA) is 108 Å². The van der Waals surface area contributed by atoms with Crippen LogP contribution in [0.1, 0.15) is 12.5 Å². The molecule has 7 nitrogen and oxygen atoms in total. The molecular formula is C13H10N4O3. The summed E-state index contributed by atoms with van der Waals surface area (Å²) in [7, 11) is 0. The molecule has 0 saturated heterocycles. The van der Waals surface area contributed by atoms with Gasteiger partial charge in [-0.1, -0.05) is 0 Å². The predicted molar refractivity (Wildman–Crippen MR) is 71.7 cm³/mol. The van der Waals surface area contributed by atoms with E-state index in [0.717, 1.165) is 4.57 Å². The smallest absolute Gasteiger partial charge is 0.326 e. The Balaban J connectivity index is 2.47. The first-order valence-corrected chi connectivity index (χ1v) is 5.65. The first kappa shape index (κ1) is 13.3. The van der Waals surface area contributed by atoms with E-state index in [4.69, 9.17) is 5.26 Å². The number of amides is 1. The van der Waals surface area contributed by atoms with Crippen LogP contribution in [0.25, 0.3) is 5.69 Å². The number of carbonyl (C=O) groups is 1. The lowest BCUT2D eigenvalue weighted by Gasteiger charge is -2.07. The van der Waals surface area contributed by atoms with E-state index in [1.54, 1.807) is 30.3 Å². The molecule has 7 heteroatoms. The Bertz CT molecular complexity index is 809. The van der Waals surface area contributed by atoms with Gasteiger partial charge >= 0.3 is 5.69 Å². The summed E-state index contributed by atoms with van der Waals surface area (Å²) < 4.78 is 1.15. The highest BCUT2D eigenvalue weighted by molar-refractivity contribution is 5.88. The first-order chi connectivity index (χ1) is 9.51. The van der Waals surface area contributed by atoms with E-state index in [2.05, 4.69) is 10.3 Å². The van der Waals surface area contributed by atoms with Crippen molar-refractivity contribution in [2.75, 3.05) is 5.32 Å². The summed E-state index contributed by atoms with van der Waals surface area (Å²) in [6.07, 6.45) is 1.18. The number of nitriles is 1. The average Bonchev–Trinajstić information content (AvgIpc) is 2.39. The molecule has 0 aliphatic heterocycles. The van der Waals surface area contributed by atoms with Gasteiger partial charge in [0, 0.05) is 18.8 Å². The Labute approximate surface area is 113 Å². The van der Waals surface area contributed by atoms with Crippen LogP contribution >= 0.6 is 0 Å². The van der Waals surface area contributed by atoms with Crippen molar-refractivity contribution in [2.45, 2.75) is 6.92 Å². The van der Waals surface area contributed by atoms with Gasteiger partial charge in [0.15, 0.2) is 0 Å². The van der Waals surface area contributed by atoms with E-state index in [0.29, 0.717) is 11.4 Å². The van der Waals surface area contributed by atoms with Crippen LogP contribution in [0.4, 0.5) is 5.69 Å².